The number of anilines is 2. The van der Waals surface area contributed by atoms with E-state index in [1.807, 2.05) is 6.07 Å². The molecule has 3 N–H and O–H groups in total. The van der Waals surface area contributed by atoms with Gasteiger partial charge in [0.05, 0.1) is 4.92 Å². The molecule has 19 heavy (non-hydrogen) atoms. The molecule has 1 aliphatic rings. The third kappa shape index (κ3) is 2.96. The minimum atomic E-state index is -0.355. The Labute approximate surface area is 112 Å². The maximum atomic E-state index is 11.3. The number of hydrogen-bond acceptors (Lipinski definition) is 5. The van der Waals surface area contributed by atoms with Gasteiger partial charge in [0.25, 0.3) is 0 Å². The van der Waals surface area contributed by atoms with E-state index in [0.717, 1.165) is 32.2 Å². The Hall–Kier alpha value is -1.82. The number of nitrogens with zero attached hydrogens (tertiary/aromatic N) is 2. The van der Waals surface area contributed by atoms with Gasteiger partial charge in [0.15, 0.2) is 0 Å². The topological polar surface area (TPSA) is 84.4 Å². The number of para-hydroxylation sites is 1. The predicted octanol–water partition coefficient (Wildman–Crippen LogP) is 2.65. The lowest BCUT2D eigenvalue weighted by molar-refractivity contribution is -0.383. The Bertz CT molecular complexity index is 460. The van der Waals surface area contributed by atoms with Crippen molar-refractivity contribution in [3.8, 4) is 0 Å². The van der Waals surface area contributed by atoms with E-state index >= 15 is 0 Å². The molecule has 1 aromatic carbocycles. The summed E-state index contributed by atoms with van der Waals surface area (Å²) in [6.45, 7) is 2.98. The quantitative estimate of drug-likeness (QED) is 0.449. The van der Waals surface area contributed by atoms with Crippen LogP contribution in [0.3, 0.4) is 0 Å². The molecular weight excluding hydrogens is 244 g/mol. The Morgan fingerprint density at radius 2 is 2.26 bits per heavy atom. The Morgan fingerprint density at radius 1 is 1.53 bits per heavy atom. The van der Waals surface area contributed by atoms with E-state index in [2.05, 4.69) is 17.2 Å². The van der Waals surface area contributed by atoms with E-state index in [0.29, 0.717) is 17.4 Å². The largest absolute Gasteiger partial charge is 0.363 e. The van der Waals surface area contributed by atoms with E-state index in [-0.39, 0.29) is 10.6 Å². The van der Waals surface area contributed by atoms with Crippen molar-refractivity contribution in [2.75, 3.05) is 16.9 Å². The summed E-state index contributed by atoms with van der Waals surface area (Å²) in [5, 5.41) is 11.3. The van der Waals surface area contributed by atoms with E-state index in [1.165, 1.54) is 0 Å². The lowest BCUT2D eigenvalue weighted by atomic mass is 10.2. The maximum absolute atomic E-state index is 11.3. The summed E-state index contributed by atoms with van der Waals surface area (Å²) in [6, 6.07) is 5.69. The molecule has 0 spiro atoms. The third-order valence-corrected chi connectivity index (χ3v) is 3.40. The van der Waals surface area contributed by atoms with Crippen LogP contribution in [0.15, 0.2) is 18.2 Å². The SMILES string of the molecule is CCCCN(c1cccc(NN)c1[N+](=O)[O-])C1CC1. The van der Waals surface area contributed by atoms with Crippen molar-refractivity contribution in [2.24, 2.45) is 5.84 Å². The summed E-state index contributed by atoms with van der Waals surface area (Å²) in [5.74, 6) is 5.38. The zero-order chi connectivity index (χ0) is 13.8. The first-order valence-electron chi connectivity index (χ1n) is 6.69. The van der Waals surface area contributed by atoms with Gasteiger partial charge in [-0.05, 0) is 31.4 Å². The van der Waals surface area contributed by atoms with E-state index < -0.39 is 0 Å². The summed E-state index contributed by atoms with van der Waals surface area (Å²) >= 11 is 0. The second-order valence-corrected chi connectivity index (χ2v) is 4.85. The zero-order valence-electron chi connectivity index (χ0n) is 11.1. The van der Waals surface area contributed by atoms with Gasteiger partial charge in [0.1, 0.15) is 11.4 Å². The monoisotopic (exact) mass is 264 g/mol. The number of nitrogen functional groups attached to an aromatic ring is 1. The molecule has 104 valence electrons. The first kappa shape index (κ1) is 13.6. The summed E-state index contributed by atoms with van der Waals surface area (Å²) in [6.07, 6.45) is 4.34. The molecule has 1 aliphatic carbocycles. The van der Waals surface area contributed by atoms with Gasteiger partial charge in [0, 0.05) is 12.6 Å². The molecule has 1 saturated carbocycles. The van der Waals surface area contributed by atoms with Crippen LogP contribution in [0.25, 0.3) is 0 Å². The fourth-order valence-electron chi connectivity index (χ4n) is 2.29. The summed E-state index contributed by atoms with van der Waals surface area (Å²) < 4.78 is 0. The van der Waals surface area contributed by atoms with Crippen molar-refractivity contribution in [1.29, 1.82) is 0 Å². The fourth-order valence-corrected chi connectivity index (χ4v) is 2.29. The molecule has 1 aromatic rings. The number of hydrogen-bond donors (Lipinski definition) is 2. The molecule has 1 fully saturated rings. The third-order valence-electron chi connectivity index (χ3n) is 3.40. The van der Waals surface area contributed by atoms with Crippen molar-refractivity contribution in [2.45, 2.75) is 38.6 Å². The highest BCUT2D eigenvalue weighted by Gasteiger charge is 2.33. The highest BCUT2D eigenvalue weighted by Crippen LogP contribution is 2.40. The van der Waals surface area contributed by atoms with Gasteiger partial charge in [0.2, 0.25) is 0 Å². The van der Waals surface area contributed by atoms with E-state index in [9.17, 15) is 10.1 Å². The Kier molecular flexibility index (Phi) is 4.21. The predicted molar refractivity (Wildman–Crippen MR) is 76.2 cm³/mol. The number of nitrogens with two attached hydrogens (primary N) is 1. The van der Waals surface area contributed by atoms with Gasteiger partial charge < -0.3 is 10.3 Å². The molecule has 0 unspecified atom stereocenters. The van der Waals surface area contributed by atoms with Crippen LogP contribution in [0.5, 0.6) is 0 Å². The van der Waals surface area contributed by atoms with Crippen molar-refractivity contribution in [1.82, 2.24) is 0 Å². The molecule has 6 nitrogen and oxygen atoms in total. The molecule has 0 bridgehead atoms. The molecule has 0 saturated heterocycles. The van der Waals surface area contributed by atoms with Crippen LogP contribution < -0.4 is 16.2 Å². The number of rotatable bonds is 7. The molecule has 0 atom stereocenters. The number of unbranched alkanes of at least 4 members (excludes halogenated alkanes) is 1. The highest BCUT2D eigenvalue weighted by molar-refractivity contribution is 5.77. The average Bonchev–Trinajstić information content (AvgIpc) is 3.23. The molecule has 6 heteroatoms. The molecule has 0 amide bonds. The van der Waals surface area contributed by atoms with Gasteiger partial charge in [-0.15, -0.1) is 0 Å². The minimum absolute atomic E-state index is 0.0769. The van der Waals surface area contributed by atoms with Gasteiger partial charge in [-0.25, -0.2) is 0 Å². The lowest BCUT2D eigenvalue weighted by Gasteiger charge is -2.24. The highest BCUT2D eigenvalue weighted by atomic mass is 16.6. The van der Waals surface area contributed by atoms with E-state index in [1.54, 1.807) is 12.1 Å². The summed E-state index contributed by atoms with van der Waals surface area (Å²) in [4.78, 5) is 13.1. The lowest BCUT2D eigenvalue weighted by Crippen LogP contribution is -2.28. The molecule has 2 rings (SSSR count). The average molecular weight is 264 g/mol. The summed E-state index contributed by atoms with van der Waals surface area (Å²) in [5.41, 5.74) is 3.54. The molecule has 0 radical (unpaired) electrons. The van der Waals surface area contributed by atoms with Crippen LogP contribution in [0, 0.1) is 10.1 Å². The first-order valence-corrected chi connectivity index (χ1v) is 6.69. The Balaban J connectivity index is 2.37. The molecular formula is C13H20N4O2. The van der Waals surface area contributed by atoms with Gasteiger partial charge in [-0.1, -0.05) is 19.4 Å². The van der Waals surface area contributed by atoms with Crippen molar-refractivity contribution in [3.05, 3.63) is 28.3 Å². The minimum Gasteiger partial charge on any atom is -0.363 e. The van der Waals surface area contributed by atoms with Gasteiger partial charge >= 0.3 is 5.69 Å². The van der Waals surface area contributed by atoms with Crippen LogP contribution in [0.4, 0.5) is 17.1 Å². The summed E-state index contributed by atoms with van der Waals surface area (Å²) in [7, 11) is 0. The Morgan fingerprint density at radius 3 is 2.79 bits per heavy atom. The number of benzene rings is 1. The number of hydrazine groups is 1. The second-order valence-electron chi connectivity index (χ2n) is 4.85. The second kappa shape index (κ2) is 5.88. The van der Waals surface area contributed by atoms with Crippen LogP contribution in [-0.2, 0) is 0 Å². The zero-order valence-corrected chi connectivity index (χ0v) is 11.1. The van der Waals surface area contributed by atoms with Crippen molar-refractivity contribution in [3.63, 3.8) is 0 Å². The maximum Gasteiger partial charge on any atom is 0.316 e. The van der Waals surface area contributed by atoms with Crippen molar-refractivity contribution >= 4 is 17.1 Å². The normalized spacial score (nSPS) is 14.2. The molecule has 0 aromatic heterocycles. The van der Waals surface area contributed by atoms with Crippen LogP contribution in [0.1, 0.15) is 32.6 Å². The smallest absolute Gasteiger partial charge is 0.316 e. The van der Waals surface area contributed by atoms with Gasteiger partial charge in [-0.3, -0.25) is 16.0 Å². The number of nitrogens with one attached hydrogen (secondary N) is 1. The first-order chi connectivity index (χ1) is 9.19. The number of nitro benzene ring substituents is 1. The van der Waals surface area contributed by atoms with E-state index in [4.69, 9.17) is 5.84 Å². The number of nitro groups is 1. The standard InChI is InChI=1S/C13H20N4O2/c1-2-3-9-16(10-7-8-10)12-6-4-5-11(15-14)13(12)17(18)19/h4-6,10,15H,2-3,7-9,14H2,1H3. The van der Waals surface area contributed by atoms with Crippen LogP contribution in [-0.4, -0.2) is 17.5 Å². The van der Waals surface area contributed by atoms with Crippen LogP contribution in [0.2, 0.25) is 0 Å². The van der Waals surface area contributed by atoms with Gasteiger partial charge in [-0.2, -0.15) is 0 Å². The molecule has 0 aliphatic heterocycles. The van der Waals surface area contributed by atoms with Crippen LogP contribution >= 0.6 is 0 Å². The fraction of sp³-hybridized carbons (Fsp3) is 0.538. The molecule has 0 heterocycles. The van der Waals surface area contributed by atoms with Crippen molar-refractivity contribution < 1.29 is 4.92 Å².